The molecule has 0 aliphatic carbocycles. The molecule has 1 aromatic heterocycles. The summed E-state index contributed by atoms with van der Waals surface area (Å²) in [5.41, 5.74) is 9.27. The molecule has 7 nitrogen and oxygen atoms in total. The Morgan fingerprint density at radius 2 is 1.68 bits per heavy atom. The van der Waals surface area contributed by atoms with Crippen molar-refractivity contribution in [3.05, 3.63) is 64.7 Å². The van der Waals surface area contributed by atoms with E-state index >= 15 is 0 Å². The molecule has 0 unspecified atom stereocenters. The first-order chi connectivity index (χ1) is 13.5. The molecule has 0 radical (unpaired) electrons. The lowest BCUT2D eigenvalue weighted by atomic mass is 10.1. The summed E-state index contributed by atoms with van der Waals surface area (Å²) in [6.45, 7) is 2.55. The summed E-state index contributed by atoms with van der Waals surface area (Å²) < 4.78 is 1.80. The standard InChI is InChI=1S/C19H18Cl2N6O/c20-13-1-3-15(16(21)9-13)19(28)26-7-5-25(6-8-26)18-4-2-14(10-17(18)22)27-11-23-24-12-27/h1-4,9-12H,5-8,22H2. The van der Waals surface area contributed by atoms with Gasteiger partial charge >= 0.3 is 0 Å². The highest BCUT2D eigenvalue weighted by Crippen LogP contribution is 2.28. The monoisotopic (exact) mass is 416 g/mol. The van der Waals surface area contributed by atoms with Gasteiger partial charge in [-0.3, -0.25) is 9.36 Å². The zero-order valence-electron chi connectivity index (χ0n) is 14.9. The number of rotatable bonds is 3. The number of carbonyl (C=O) groups is 1. The molecule has 0 saturated carbocycles. The third-order valence-electron chi connectivity index (χ3n) is 4.80. The first-order valence-electron chi connectivity index (χ1n) is 8.77. The van der Waals surface area contributed by atoms with Gasteiger partial charge in [-0.25, -0.2) is 0 Å². The number of anilines is 2. The molecule has 0 bridgehead atoms. The number of amides is 1. The van der Waals surface area contributed by atoms with E-state index in [1.165, 1.54) is 0 Å². The summed E-state index contributed by atoms with van der Waals surface area (Å²) in [6, 6.07) is 10.8. The number of halogens is 2. The zero-order chi connectivity index (χ0) is 19.7. The third kappa shape index (κ3) is 3.63. The average Bonchev–Trinajstić information content (AvgIpc) is 3.22. The minimum absolute atomic E-state index is 0.0859. The molecule has 1 fully saturated rings. The molecule has 3 aromatic rings. The second-order valence-electron chi connectivity index (χ2n) is 6.52. The van der Waals surface area contributed by atoms with Gasteiger partial charge in [-0.05, 0) is 36.4 Å². The maximum Gasteiger partial charge on any atom is 0.255 e. The summed E-state index contributed by atoms with van der Waals surface area (Å²) in [5, 5.41) is 8.50. The van der Waals surface area contributed by atoms with E-state index < -0.39 is 0 Å². The summed E-state index contributed by atoms with van der Waals surface area (Å²) in [7, 11) is 0. The van der Waals surface area contributed by atoms with Crippen molar-refractivity contribution in [1.82, 2.24) is 19.7 Å². The van der Waals surface area contributed by atoms with E-state index in [4.69, 9.17) is 28.9 Å². The average molecular weight is 417 g/mol. The Kier molecular flexibility index (Phi) is 5.11. The van der Waals surface area contributed by atoms with Gasteiger partial charge in [0.1, 0.15) is 12.7 Å². The van der Waals surface area contributed by atoms with Crippen molar-refractivity contribution < 1.29 is 4.79 Å². The molecule has 0 spiro atoms. The van der Waals surface area contributed by atoms with Crippen LogP contribution < -0.4 is 10.6 Å². The number of nitrogen functional groups attached to an aromatic ring is 1. The van der Waals surface area contributed by atoms with E-state index in [-0.39, 0.29) is 5.91 Å². The predicted octanol–water partition coefficient (Wildman–Crippen LogP) is 3.12. The van der Waals surface area contributed by atoms with Crippen molar-refractivity contribution in [2.75, 3.05) is 36.8 Å². The predicted molar refractivity (Wildman–Crippen MR) is 110 cm³/mol. The highest BCUT2D eigenvalue weighted by molar-refractivity contribution is 6.36. The molecule has 2 N–H and O–H groups in total. The molecule has 2 aromatic carbocycles. The molecule has 1 saturated heterocycles. The van der Waals surface area contributed by atoms with Gasteiger partial charge in [0.25, 0.3) is 5.91 Å². The Balaban J connectivity index is 1.45. The fourth-order valence-electron chi connectivity index (χ4n) is 3.31. The lowest BCUT2D eigenvalue weighted by Crippen LogP contribution is -2.49. The number of nitrogens with zero attached hydrogens (tertiary/aromatic N) is 5. The Hall–Kier alpha value is -2.77. The highest BCUT2D eigenvalue weighted by Gasteiger charge is 2.24. The number of piperazine rings is 1. The van der Waals surface area contributed by atoms with Crippen molar-refractivity contribution in [3.8, 4) is 5.69 Å². The minimum atomic E-state index is -0.0859. The zero-order valence-corrected chi connectivity index (χ0v) is 16.4. The molecule has 2 heterocycles. The third-order valence-corrected chi connectivity index (χ3v) is 5.34. The van der Waals surface area contributed by atoms with Crippen LogP contribution in [0.25, 0.3) is 5.69 Å². The van der Waals surface area contributed by atoms with Crippen LogP contribution in [0.1, 0.15) is 10.4 Å². The molecule has 1 aliphatic heterocycles. The maximum absolute atomic E-state index is 12.8. The largest absolute Gasteiger partial charge is 0.397 e. The summed E-state index contributed by atoms with van der Waals surface area (Å²) in [6.07, 6.45) is 3.25. The van der Waals surface area contributed by atoms with Crippen molar-refractivity contribution >= 4 is 40.5 Å². The molecule has 28 heavy (non-hydrogen) atoms. The van der Waals surface area contributed by atoms with Gasteiger partial charge in [0, 0.05) is 31.2 Å². The number of hydrogen-bond acceptors (Lipinski definition) is 5. The number of nitrogens with two attached hydrogens (primary N) is 1. The molecule has 144 valence electrons. The second-order valence-corrected chi connectivity index (χ2v) is 7.36. The molecular weight excluding hydrogens is 399 g/mol. The second kappa shape index (κ2) is 7.69. The van der Waals surface area contributed by atoms with E-state index in [1.54, 1.807) is 40.3 Å². The first-order valence-corrected chi connectivity index (χ1v) is 9.52. The van der Waals surface area contributed by atoms with Crippen LogP contribution in [0.2, 0.25) is 10.0 Å². The topological polar surface area (TPSA) is 80.3 Å². The van der Waals surface area contributed by atoms with Gasteiger partial charge in [-0.15, -0.1) is 10.2 Å². The van der Waals surface area contributed by atoms with E-state index in [9.17, 15) is 4.79 Å². The molecule has 9 heteroatoms. The molecular formula is C19H18Cl2N6O. The van der Waals surface area contributed by atoms with Crippen LogP contribution in [0.15, 0.2) is 49.1 Å². The van der Waals surface area contributed by atoms with Crippen molar-refractivity contribution in [2.45, 2.75) is 0 Å². The van der Waals surface area contributed by atoms with Crippen LogP contribution in [0.3, 0.4) is 0 Å². The molecule has 1 aliphatic rings. The Bertz CT molecular complexity index is 1000. The lowest BCUT2D eigenvalue weighted by Gasteiger charge is -2.36. The lowest BCUT2D eigenvalue weighted by molar-refractivity contribution is 0.0747. The van der Waals surface area contributed by atoms with Crippen molar-refractivity contribution in [3.63, 3.8) is 0 Å². The van der Waals surface area contributed by atoms with Crippen LogP contribution in [0, 0.1) is 0 Å². The minimum Gasteiger partial charge on any atom is -0.397 e. The van der Waals surface area contributed by atoms with Crippen molar-refractivity contribution in [1.29, 1.82) is 0 Å². The van der Waals surface area contributed by atoms with E-state index in [0.717, 1.165) is 11.4 Å². The van der Waals surface area contributed by atoms with Gasteiger partial charge in [-0.1, -0.05) is 23.2 Å². The summed E-state index contributed by atoms with van der Waals surface area (Å²) in [5.74, 6) is -0.0859. The molecule has 4 rings (SSSR count). The first kappa shape index (κ1) is 18.6. The Morgan fingerprint density at radius 3 is 2.32 bits per heavy atom. The number of carbonyl (C=O) groups excluding carboxylic acids is 1. The Morgan fingerprint density at radius 1 is 0.964 bits per heavy atom. The van der Waals surface area contributed by atoms with Gasteiger partial charge in [-0.2, -0.15) is 0 Å². The van der Waals surface area contributed by atoms with Crippen LogP contribution in [-0.2, 0) is 0 Å². The fourth-order valence-corrected chi connectivity index (χ4v) is 3.80. The van der Waals surface area contributed by atoms with E-state index in [1.807, 2.05) is 18.2 Å². The van der Waals surface area contributed by atoms with Gasteiger partial charge in [0.15, 0.2) is 0 Å². The van der Waals surface area contributed by atoms with Crippen LogP contribution in [0.5, 0.6) is 0 Å². The summed E-state index contributed by atoms with van der Waals surface area (Å²) >= 11 is 12.1. The van der Waals surface area contributed by atoms with Crippen LogP contribution >= 0.6 is 23.2 Å². The number of hydrogen-bond donors (Lipinski definition) is 1. The normalized spacial score (nSPS) is 14.4. The number of benzene rings is 2. The van der Waals surface area contributed by atoms with E-state index in [2.05, 4.69) is 15.1 Å². The van der Waals surface area contributed by atoms with Gasteiger partial charge in [0.2, 0.25) is 0 Å². The highest BCUT2D eigenvalue weighted by atomic mass is 35.5. The number of aromatic nitrogens is 3. The van der Waals surface area contributed by atoms with E-state index in [0.29, 0.717) is 47.5 Å². The molecule has 0 atom stereocenters. The fraction of sp³-hybridized carbons (Fsp3) is 0.211. The SMILES string of the molecule is Nc1cc(-n2cnnc2)ccc1N1CCN(C(=O)c2ccc(Cl)cc2Cl)CC1. The van der Waals surface area contributed by atoms with Crippen molar-refractivity contribution in [2.24, 2.45) is 0 Å². The van der Waals surface area contributed by atoms with Gasteiger partial charge in [0.05, 0.1) is 27.6 Å². The summed E-state index contributed by atoms with van der Waals surface area (Å²) in [4.78, 5) is 16.7. The smallest absolute Gasteiger partial charge is 0.255 e. The Labute approximate surface area is 172 Å². The van der Waals surface area contributed by atoms with Crippen LogP contribution in [-0.4, -0.2) is 51.8 Å². The van der Waals surface area contributed by atoms with Gasteiger partial charge < -0.3 is 15.5 Å². The molecule has 1 amide bonds. The maximum atomic E-state index is 12.8. The van der Waals surface area contributed by atoms with Crippen LogP contribution in [0.4, 0.5) is 11.4 Å². The quantitative estimate of drug-likeness (QED) is 0.663.